The van der Waals surface area contributed by atoms with Crippen molar-refractivity contribution in [2.24, 2.45) is 0 Å². The predicted molar refractivity (Wildman–Crippen MR) is 72.8 cm³/mol. The quantitative estimate of drug-likeness (QED) is 0.879. The largest absolute Gasteiger partial charge is 0.416 e. The van der Waals surface area contributed by atoms with Crippen molar-refractivity contribution in [1.29, 1.82) is 0 Å². The van der Waals surface area contributed by atoms with Crippen LogP contribution in [-0.2, 0) is 6.18 Å². The summed E-state index contributed by atoms with van der Waals surface area (Å²) in [6, 6.07) is 4.17. The molecular weight excluding hydrogens is 291 g/mol. The van der Waals surface area contributed by atoms with Gasteiger partial charge >= 0.3 is 6.18 Å². The Labute approximate surface area is 119 Å². The molecule has 1 aromatic rings. The molecule has 3 nitrogen and oxygen atoms in total. The number of aliphatic hydroxyl groups is 1. The van der Waals surface area contributed by atoms with Gasteiger partial charge in [-0.3, -0.25) is 4.79 Å². The summed E-state index contributed by atoms with van der Waals surface area (Å²) in [5, 5.41) is 12.3. The summed E-state index contributed by atoms with van der Waals surface area (Å²) < 4.78 is 37.6. The van der Waals surface area contributed by atoms with Crippen molar-refractivity contribution in [1.82, 2.24) is 5.32 Å². The molecule has 1 rings (SSSR count). The number of carbonyl (C=O) groups excluding carboxylic acids is 1. The molecule has 7 heteroatoms. The first kappa shape index (κ1) is 16.8. The van der Waals surface area contributed by atoms with Crippen LogP contribution < -0.4 is 5.32 Å². The molecule has 0 saturated heterocycles. The van der Waals surface area contributed by atoms with E-state index in [9.17, 15) is 23.1 Å². The van der Waals surface area contributed by atoms with E-state index in [4.69, 9.17) is 0 Å². The van der Waals surface area contributed by atoms with E-state index in [0.717, 1.165) is 12.1 Å². The second-order valence-electron chi connectivity index (χ2n) is 4.69. The van der Waals surface area contributed by atoms with Crippen LogP contribution in [0.3, 0.4) is 0 Å². The number of benzene rings is 1. The highest BCUT2D eigenvalue weighted by Gasteiger charge is 2.31. The molecule has 1 aromatic carbocycles. The van der Waals surface area contributed by atoms with Crippen LogP contribution in [0.4, 0.5) is 13.2 Å². The first-order chi connectivity index (χ1) is 9.15. The molecule has 0 heterocycles. The van der Waals surface area contributed by atoms with Gasteiger partial charge in [0, 0.05) is 17.9 Å². The molecule has 0 aliphatic rings. The van der Waals surface area contributed by atoms with Crippen molar-refractivity contribution in [3.05, 3.63) is 35.4 Å². The van der Waals surface area contributed by atoms with E-state index in [1.807, 2.05) is 6.26 Å². The maximum absolute atomic E-state index is 12.5. The number of hydrogen-bond acceptors (Lipinski definition) is 3. The summed E-state index contributed by atoms with van der Waals surface area (Å²) in [7, 11) is 0. The minimum atomic E-state index is -4.49. The van der Waals surface area contributed by atoms with Crippen molar-refractivity contribution in [3.63, 3.8) is 0 Å². The monoisotopic (exact) mass is 307 g/mol. The molecule has 0 bridgehead atoms. The molecule has 1 amide bonds. The fraction of sp³-hybridized carbons (Fsp3) is 0.462. The second kappa shape index (κ2) is 6.49. The van der Waals surface area contributed by atoms with Gasteiger partial charge in [-0.25, -0.2) is 0 Å². The molecule has 112 valence electrons. The highest BCUT2D eigenvalue weighted by Crippen LogP contribution is 2.29. The zero-order valence-electron chi connectivity index (χ0n) is 11.1. The first-order valence-electron chi connectivity index (χ1n) is 5.82. The number of amides is 1. The Morgan fingerprint density at radius 3 is 2.60 bits per heavy atom. The van der Waals surface area contributed by atoms with Crippen molar-refractivity contribution >= 4 is 17.7 Å². The molecular formula is C13H16F3NO2S. The van der Waals surface area contributed by atoms with Crippen molar-refractivity contribution < 1.29 is 23.1 Å². The average Bonchev–Trinajstić information content (AvgIpc) is 2.35. The third kappa shape index (κ3) is 5.05. The van der Waals surface area contributed by atoms with Gasteiger partial charge in [-0.05, 0) is 31.4 Å². The molecule has 2 N–H and O–H groups in total. The van der Waals surface area contributed by atoms with Crippen LogP contribution in [0.2, 0.25) is 0 Å². The van der Waals surface area contributed by atoms with Crippen LogP contribution in [0, 0.1) is 0 Å². The highest BCUT2D eigenvalue weighted by molar-refractivity contribution is 7.98. The van der Waals surface area contributed by atoms with Crippen LogP contribution in [0.15, 0.2) is 24.3 Å². The van der Waals surface area contributed by atoms with Gasteiger partial charge in [-0.2, -0.15) is 24.9 Å². The lowest BCUT2D eigenvalue weighted by molar-refractivity contribution is -0.137. The maximum atomic E-state index is 12.5. The number of hydrogen-bond donors (Lipinski definition) is 2. The third-order valence-corrected chi connectivity index (χ3v) is 3.45. The SMILES string of the molecule is CSC[C@@](C)(O)CNC(=O)c1cccc(C(F)(F)F)c1. The van der Waals surface area contributed by atoms with E-state index in [0.29, 0.717) is 5.75 Å². The summed E-state index contributed by atoms with van der Waals surface area (Å²) in [6.45, 7) is 1.53. The molecule has 0 unspecified atom stereocenters. The molecule has 1 atom stereocenters. The fourth-order valence-electron chi connectivity index (χ4n) is 1.57. The molecule has 0 aliphatic heterocycles. The number of halogens is 3. The van der Waals surface area contributed by atoms with Crippen LogP contribution in [0.25, 0.3) is 0 Å². The summed E-state index contributed by atoms with van der Waals surface area (Å²) >= 11 is 1.41. The summed E-state index contributed by atoms with van der Waals surface area (Å²) in [6.07, 6.45) is -2.68. The van der Waals surface area contributed by atoms with Gasteiger partial charge in [-0.1, -0.05) is 6.07 Å². The van der Waals surface area contributed by atoms with Gasteiger partial charge in [0.1, 0.15) is 0 Å². The normalized spacial score (nSPS) is 14.7. The lowest BCUT2D eigenvalue weighted by Crippen LogP contribution is -2.42. The molecule has 0 fully saturated rings. The average molecular weight is 307 g/mol. The van der Waals surface area contributed by atoms with Gasteiger partial charge in [0.2, 0.25) is 0 Å². The van der Waals surface area contributed by atoms with Crippen LogP contribution in [-0.4, -0.2) is 35.2 Å². The summed E-state index contributed by atoms with van der Waals surface area (Å²) in [5.74, 6) is -0.229. The predicted octanol–water partition coefficient (Wildman–Crippen LogP) is 2.55. The van der Waals surface area contributed by atoms with Crippen molar-refractivity contribution in [2.75, 3.05) is 18.6 Å². The number of thioether (sulfide) groups is 1. The van der Waals surface area contributed by atoms with Crippen LogP contribution in [0.5, 0.6) is 0 Å². The Balaban J connectivity index is 2.74. The zero-order valence-corrected chi connectivity index (χ0v) is 11.9. The Bertz CT molecular complexity index is 475. The number of rotatable bonds is 5. The fourth-order valence-corrected chi connectivity index (χ4v) is 2.30. The summed E-state index contributed by atoms with van der Waals surface area (Å²) in [4.78, 5) is 11.8. The Hall–Kier alpha value is -1.21. The van der Waals surface area contributed by atoms with E-state index in [1.54, 1.807) is 6.92 Å². The first-order valence-corrected chi connectivity index (χ1v) is 7.22. The second-order valence-corrected chi connectivity index (χ2v) is 5.56. The standard InChI is InChI=1S/C13H16F3NO2S/c1-12(19,8-20-2)7-17-11(18)9-4-3-5-10(6-9)13(14,15)16/h3-6,19H,7-8H2,1-2H3,(H,17,18)/t12-/m0/s1. The number of alkyl halides is 3. The zero-order chi connectivity index (χ0) is 15.4. The smallest absolute Gasteiger partial charge is 0.387 e. The van der Waals surface area contributed by atoms with Crippen molar-refractivity contribution in [3.8, 4) is 0 Å². The Kier molecular flexibility index (Phi) is 5.47. The Morgan fingerprint density at radius 2 is 2.05 bits per heavy atom. The molecule has 0 saturated carbocycles. The highest BCUT2D eigenvalue weighted by atomic mass is 32.2. The van der Waals surface area contributed by atoms with E-state index in [1.165, 1.54) is 23.9 Å². The van der Waals surface area contributed by atoms with E-state index in [-0.39, 0.29) is 12.1 Å². The van der Waals surface area contributed by atoms with Crippen molar-refractivity contribution in [2.45, 2.75) is 18.7 Å². The van der Waals surface area contributed by atoms with Gasteiger partial charge in [-0.15, -0.1) is 0 Å². The number of carbonyl (C=O) groups is 1. The molecule has 0 radical (unpaired) electrons. The van der Waals surface area contributed by atoms with Gasteiger partial charge in [0.25, 0.3) is 5.91 Å². The maximum Gasteiger partial charge on any atom is 0.416 e. The van der Waals surface area contributed by atoms with E-state index < -0.39 is 23.2 Å². The Morgan fingerprint density at radius 1 is 1.40 bits per heavy atom. The van der Waals surface area contributed by atoms with Crippen LogP contribution >= 0.6 is 11.8 Å². The third-order valence-electron chi connectivity index (χ3n) is 2.54. The van der Waals surface area contributed by atoms with E-state index in [2.05, 4.69) is 5.32 Å². The van der Waals surface area contributed by atoms with E-state index >= 15 is 0 Å². The number of nitrogens with one attached hydrogen (secondary N) is 1. The molecule has 20 heavy (non-hydrogen) atoms. The molecule has 0 aliphatic carbocycles. The van der Waals surface area contributed by atoms with Crippen LogP contribution in [0.1, 0.15) is 22.8 Å². The van der Waals surface area contributed by atoms with Gasteiger partial charge in [0.15, 0.2) is 0 Å². The topological polar surface area (TPSA) is 49.3 Å². The molecule has 0 aromatic heterocycles. The molecule has 0 spiro atoms. The van der Waals surface area contributed by atoms with Gasteiger partial charge in [0.05, 0.1) is 11.2 Å². The minimum absolute atomic E-state index is 0.0249. The lowest BCUT2D eigenvalue weighted by atomic mass is 10.1. The van der Waals surface area contributed by atoms with Gasteiger partial charge < -0.3 is 10.4 Å². The summed E-state index contributed by atoms with van der Waals surface area (Å²) in [5.41, 5.74) is -2.06. The lowest BCUT2D eigenvalue weighted by Gasteiger charge is -2.22. The minimum Gasteiger partial charge on any atom is -0.387 e.